The molecule has 0 aliphatic heterocycles. The van der Waals surface area contributed by atoms with Crippen LogP contribution in [0.5, 0.6) is 0 Å². The second-order valence-electron chi connectivity index (χ2n) is 4.91. The fourth-order valence-corrected chi connectivity index (χ4v) is 2.51. The van der Waals surface area contributed by atoms with E-state index in [1.54, 1.807) is 0 Å². The van der Waals surface area contributed by atoms with Gasteiger partial charge in [-0.05, 0) is 11.1 Å². The summed E-state index contributed by atoms with van der Waals surface area (Å²) in [5.41, 5.74) is 7.53. The molecule has 1 heteroatoms. The van der Waals surface area contributed by atoms with Gasteiger partial charge in [-0.2, -0.15) is 0 Å². The minimum absolute atomic E-state index is 0.614. The minimum Gasteiger partial charge on any atom is -0.0907 e. The van der Waals surface area contributed by atoms with Crippen molar-refractivity contribution in [3.63, 3.8) is 0 Å². The first-order chi connectivity index (χ1) is 10.8. The van der Waals surface area contributed by atoms with Gasteiger partial charge < -0.3 is 0 Å². The highest BCUT2D eigenvalue weighted by Crippen LogP contribution is 2.26. The molecule has 22 heavy (non-hydrogen) atoms. The Morgan fingerprint density at radius 1 is 0.545 bits per heavy atom. The van der Waals surface area contributed by atoms with E-state index in [2.05, 4.69) is 30.0 Å². The Hall–Kier alpha value is -2.53. The molecule has 0 aliphatic carbocycles. The third kappa shape index (κ3) is 3.38. The summed E-state index contributed by atoms with van der Waals surface area (Å²) in [5, 5.41) is 0.614. The molecule has 0 aromatic heterocycles. The van der Waals surface area contributed by atoms with Gasteiger partial charge in [0.25, 0.3) is 0 Å². The second-order valence-corrected chi connectivity index (χ2v) is 5.29. The van der Waals surface area contributed by atoms with Gasteiger partial charge in [0.15, 0.2) is 0 Å². The Bertz CT molecular complexity index is 755. The zero-order chi connectivity index (χ0) is 15.2. The molecule has 0 atom stereocenters. The van der Waals surface area contributed by atoms with Crippen LogP contribution >= 0.6 is 11.6 Å². The molecule has 0 heterocycles. The summed E-state index contributed by atoms with van der Waals surface area (Å²) in [6.07, 6.45) is 0. The van der Waals surface area contributed by atoms with E-state index in [0.717, 1.165) is 22.3 Å². The van der Waals surface area contributed by atoms with Gasteiger partial charge in [0.05, 0.1) is 5.03 Å². The van der Waals surface area contributed by atoms with Crippen molar-refractivity contribution in [2.24, 2.45) is 0 Å². The molecule has 3 aromatic carbocycles. The number of rotatable bonds is 3. The Balaban J connectivity index is 2.20. The number of halogens is 1. The maximum Gasteiger partial charge on any atom is 0.0903 e. The molecule has 0 N–H and O–H groups in total. The molecule has 0 bridgehead atoms. The van der Waals surface area contributed by atoms with Crippen molar-refractivity contribution in [3.05, 3.63) is 113 Å². The van der Waals surface area contributed by atoms with Crippen molar-refractivity contribution in [1.29, 1.82) is 0 Å². The first-order valence-electron chi connectivity index (χ1n) is 7.17. The van der Waals surface area contributed by atoms with Gasteiger partial charge in [-0.1, -0.05) is 108 Å². The average Bonchev–Trinajstić information content (AvgIpc) is 2.62. The van der Waals surface area contributed by atoms with E-state index in [-0.39, 0.29) is 0 Å². The van der Waals surface area contributed by atoms with E-state index >= 15 is 0 Å². The number of hydrogen-bond acceptors (Lipinski definition) is 0. The van der Waals surface area contributed by atoms with Crippen LogP contribution in [0.1, 0.15) is 16.7 Å². The normalized spacial score (nSPS) is 9.86. The Morgan fingerprint density at radius 2 is 0.909 bits per heavy atom. The zero-order valence-electron chi connectivity index (χ0n) is 12.0. The predicted octanol–water partition coefficient (Wildman–Crippen LogP) is 6.00. The summed E-state index contributed by atoms with van der Waals surface area (Å²) in [6.45, 7) is 0. The molecule has 106 valence electrons. The highest BCUT2D eigenvalue weighted by Gasteiger charge is 2.05. The monoisotopic (exact) mass is 302 g/mol. The van der Waals surface area contributed by atoms with Crippen LogP contribution in [0.4, 0.5) is 0 Å². The molecule has 0 fully saturated rings. The van der Waals surface area contributed by atoms with Crippen LogP contribution in [0, 0.1) is 0 Å². The third-order valence-electron chi connectivity index (χ3n) is 3.39. The van der Waals surface area contributed by atoms with Gasteiger partial charge in [-0.15, -0.1) is 0 Å². The molecule has 0 amide bonds. The topological polar surface area (TPSA) is 0 Å². The van der Waals surface area contributed by atoms with Crippen LogP contribution in [-0.2, 0) is 0 Å². The molecule has 0 radical (unpaired) electrons. The van der Waals surface area contributed by atoms with Crippen molar-refractivity contribution in [3.8, 4) is 0 Å². The minimum atomic E-state index is 0.614. The first-order valence-corrected chi connectivity index (χ1v) is 7.55. The summed E-state index contributed by atoms with van der Waals surface area (Å²) in [7, 11) is 0. The summed E-state index contributed by atoms with van der Waals surface area (Å²) in [6, 6.07) is 30.3. The van der Waals surface area contributed by atoms with Crippen LogP contribution in [0.15, 0.2) is 96.7 Å². The van der Waals surface area contributed by atoms with E-state index in [4.69, 9.17) is 11.6 Å². The largest absolute Gasteiger partial charge is 0.0907 e. The van der Waals surface area contributed by atoms with Gasteiger partial charge >= 0.3 is 0 Å². The quantitative estimate of drug-likeness (QED) is 0.521. The van der Waals surface area contributed by atoms with Gasteiger partial charge in [-0.3, -0.25) is 0 Å². The van der Waals surface area contributed by atoms with Crippen molar-refractivity contribution >= 4 is 22.2 Å². The van der Waals surface area contributed by atoms with Crippen LogP contribution in [-0.4, -0.2) is 0 Å². The van der Waals surface area contributed by atoms with Crippen molar-refractivity contribution in [1.82, 2.24) is 0 Å². The van der Waals surface area contributed by atoms with Crippen LogP contribution < -0.4 is 0 Å². The number of benzene rings is 3. The van der Waals surface area contributed by atoms with Crippen LogP contribution in [0.25, 0.3) is 10.6 Å². The number of hydrogen-bond donors (Lipinski definition) is 0. The first kappa shape index (κ1) is 14.4. The molecule has 0 aliphatic rings. The standard InChI is InChI=1S/C21H15Cl/c22-21(19-14-8-3-9-15-19)16-20(17-10-4-1-5-11-17)18-12-6-2-7-13-18/h1-15H. The highest BCUT2D eigenvalue weighted by molar-refractivity contribution is 6.48. The smallest absolute Gasteiger partial charge is 0.0903 e. The molecule has 0 nitrogen and oxygen atoms in total. The summed E-state index contributed by atoms with van der Waals surface area (Å²) in [4.78, 5) is 0. The van der Waals surface area contributed by atoms with E-state index in [0.29, 0.717) is 5.03 Å². The molecular formula is C21H15Cl. The van der Waals surface area contributed by atoms with E-state index < -0.39 is 0 Å². The van der Waals surface area contributed by atoms with Crippen LogP contribution in [0.2, 0.25) is 0 Å². The third-order valence-corrected chi connectivity index (χ3v) is 3.70. The van der Waals surface area contributed by atoms with E-state index in [1.165, 1.54) is 0 Å². The van der Waals surface area contributed by atoms with Crippen LogP contribution in [0.3, 0.4) is 0 Å². The molecular weight excluding hydrogens is 288 g/mol. The molecule has 3 aromatic rings. The van der Waals surface area contributed by atoms with E-state index in [1.807, 2.05) is 66.7 Å². The Labute approximate surface area is 136 Å². The molecule has 0 saturated heterocycles. The Kier molecular flexibility index (Phi) is 4.56. The zero-order valence-corrected chi connectivity index (χ0v) is 12.8. The highest BCUT2D eigenvalue weighted by atomic mass is 35.5. The molecule has 0 unspecified atom stereocenters. The van der Waals surface area contributed by atoms with Gasteiger partial charge in [0.2, 0.25) is 0 Å². The van der Waals surface area contributed by atoms with Gasteiger partial charge in [-0.25, -0.2) is 0 Å². The molecule has 3 rings (SSSR count). The van der Waals surface area contributed by atoms with Crippen molar-refractivity contribution < 1.29 is 0 Å². The summed E-state index contributed by atoms with van der Waals surface area (Å²) < 4.78 is 0. The lowest BCUT2D eigenvalue weighted by molar-refractivity contribution is 1.55. The molecule has 0 saturated carbocycles. The second kappa shape index (κ2) is 6.95. The maximum atomic E-state index is 6.49. The lowest BCUT2D eigenvalue weighted by Gasteiger charge is -2.06. The van der Waals surface area contributed by atoms with E-state index in [9.17, 15) is 0 Å². The van der Waals surface area contributed by atoms with Gasteiger partial charge in [0.1, 0.15) is 0 Å². The maximum absolute atomic E-state index is 6.49. The fourth-order valence-electron chi connectivity index (χ4n) is 2.29. The van der Waals surface area contributed by atoms with Gasteiger partial charge in [0, 0.05) is 11.1 Å². The Morgan fingerprint density at radius 3 is 1.32 bits per heavy atom. The lowest BCUT2D eigenvalue weighted by atomic mass is 9.98. The van der Waals surface area contributed by atoms with Crippen molar-refractivity contribution in [2.45, 2.75) is 0 Å². The lowest BCUT2D eigenvalue weighted by Crippen LogP contribution is -1.86. The average molecular weight is 303 g/mol. The summed E-state index contributed by atoms with van der Waals surface area (Å²) in [5.74, 6) is 0. The summed E-state index contributed by atoms with van der Waals surface area (Å²) >= 11 is 6.49. The van der Waals surface area contributed by atoms with Crippen molar-refractivity contribution in [2.75, 3.05) is 0 Å². The fraction of sp³-hybridized carbons (Fsp3) is 0. The predicted molar refractivity (Wildman–Crippen MR) is 94.6 cm³/mol. The SMILES string of the molecule is ClC(=C=C(c1ccccc1)c1ccccc1)c1ccccc1. The molecule has 0 spiro atoms.